The maximum atomic E-state index is 5.98. The van der Waals surface area contributed by atoms with E-state index in [4.69, 9.17) is 10.2 Å². The number of rotatable bonds is 2. The molecule has 1 aromatic carbocycles. The number of nitrogen functional groups attached to an aromatic ring is 1. The predicted molar refractivity (Wildman–Crippen MR) is 74.3 cm³/mol. The molecule has 0 amide bonds. The molecule has 0 aliphatic heterocycles. The molecule has 0 spiro atoms. The molecule has 2 aromatic heterocycles. The molecule has 0 unspecified atom stereocenters. The summed E-state index contributed by atoms with van der Waals surface area (Å²) in [5.74, 6) is 1.07. The average molecular weight is 251 g/mol. The maximum absolute atomic E-state index is 5.98. The summed E-state index contributed by atoms with van der Waals surface area (Å²) in [5.41, 5.74) is 9.57. The number of nitrogens with zero attached hydrogens (tertiary/aromatic N) is 2. The number of aromatic nitrogens is 2. The number of nitrogens with two attached hydrogens (primary N) is 1. The first-order valence-corrected chi connectivity index (χ1v) is 5.98. The highest BCUT2D eigenvalue weighted by molar-refractivity contribution is 5.70. The van der Waals surface area contributed by atoms with Crippen LogP contribution >= 0.6 is 0 Å². The van der Waals surface area contributed by atoms with Crippen molar-refractivity contribution in [2.45, 2.75) is 6.92 Å². The molecule has 3 aromatic rings. The second-order valence-corrected chi connectivity index (χ2v) is 4.28. The minimum atomic E-state index is 0.491. The lowest BCUT2D eigenvalue weighted by atomic mass is 10.1. The SMILES string of the molecule is Cc1c(N)nc(-c2ccoc2)nc1-c1ccccc1. The number of hydrogen-bond donors (Lipinski definition) is 1. The van der Waals surface area contributed by atoms with Gasteiger partial charge >= 0.3 is 0 Å². The molecule has 3 rings (SSSR count). The van der Waals surface area contributed by atoms with Crippen molar-refractivity contribution in [2.24, 2.45) is 0 Å². The van der Waals surface area contributed by atoms with Crippen molar-refractivity contribution in [1.82, 2.24) is 9.97 Å². The standard InChI is InChI=1S/C15H13N3O/c1-10-13(11-5-3-2-4-6-11)17-15(18-14(10)16)12-7-8-19-9-12/h2-9H,1H3,(H2,16,17,18). The Labute approximate surface area is 110 Å². The van der Waals surface area contributed by atoms with Gasteiger partial charge in [-0.2, -0.15) is 0 Å². The van der Waals surface area contributed by atoms with Crippen molar-refractivity contribution in [3.63, 3.8) is 0 Å². The summed E-state index contributed by atoms with van der Waals surface area (Å²) >= 11 is 0. The molecular formula is C15H13N3O. The van der Waals surface area contributed by atoms with Gasteiger partial charge in [-0.05, 0) is 13.0 Å². The maximum Gasteiger partial charge on any atom is 0.165 e. The van der Waals surface area contributed by atoms with Crippen molar-refractivity contribution in [3.05, 3.63) is 54.5 Å². The fourth-order valence-corrected chi connectivity index (χ4v) is 1.93. The summed E-state index contributed by atoms with van der Waals surface area (Å²) in [4.78, 5) is 8.90. The van der Waals surface area contributed by atoms with Crippen LogP contribution in [-0.4, -0.2) is 9.97 Å². The van der Waals surface area contributed by atoms with Gasteiger partial charge in [-0.15, -0.1) is 0 Å². The van der Waals surface area contributed by atoms with Crippen LogP contribution < -0.4 is 5.73 Å². The highest BCUT2D eigenvalue weighted by Gasteiger charge is 2.12. The molecule has 0 bridgehead atoms. The zero-order valence-corrected chi connectivity index (χ0v) is 10.5. The molecule has 0 radical (unpaired) electrons. The van der Waals surface area contributed by atoms with Crippen LogP contribution in [-0.2, 0) is 0 Å². The van der Waals surface area contributed by atoms with Gasteiger partial charge in [0.25, 0.3) is 0 Å². The van der Waals surface area contributed by atoms with E-state index in [2.05, 4.69) is 9.97 Å². The summed E-state index contributed by atoms with van der Waals surface area (Å²) in [6, 6.07) is 11.8. The molecule has 2 N–H and O–H groups in total. The van der Waals surface area contributed by atoms with E-state index >= 15 is 0 Å². The lowest BCUT2D eigenvalue weighted by Gasteiger charge is -2.09. The van der Waals surface area contributed by atoms with E-state index < -0.39 is 0 Å². The van der Waals surface area contributed by atoms with Gasteiger partial charge in [-0.1, -0.05) is 30.3 Å². The number of benzene rings is 1. The van der Waals surface area contributed by atoms with Gasteiger partial charge in [0, 0.05) is 11.1 Å². The van der Waals surface area contributed by atoms with Gasteiger partial charge in [-0.3, -0.25) is 0 Å². The van der Waals surface area contributed by atoms with E-state index in [0.717, 1.165) is 22.4 Å². The fourth-order valence-electron chi connectivity index (χ4n) is 1.93. The minimum absolute atomic E-state index is 0.491. The molecule has 0 aliphatic carbocycles. The Morgan fingerprint density at radius 1 is 1.00 bits per heavy atom. The summed E-state index contributed by atoms with van der Waals surface area (Å²) in [6.45, 7) is 1.93. The van der Waals surface area contributed by atoms with Gasteiger partial charge in [0.1, 0.15) is 12.1 Å². The first kappa shape index (κ1) is 11.5. The summed E-state index contributed by atoms with van der Waals surface area (Å²) in [5, 5.41) is 0. The van der Waals surface area contributed by atoms with Gasteiger partial charge in [0.2, 0.25) is 0 Å². The van der Waals surface area contributed by atoms with E-state index in [1.807, 2.05) is 43.3 Å². The van der Waals surface area contributed by atoms with Crippen molar-refractivity contribution < 1.29 is 4.42 Å². The lowest BCUT2D eigenvalue weighted by Crippen LogP contribution is -2.01. The Kier molecular flexibility index (Phi) is 2.76. The zero-order chi connectivity index (χ0) is 13.2. The Morgan fingerprint density at radius 2 is 1.79 bits per heavy atom. The van der Waals surface area contributed by atoms with Gasteiger partial charge in [-0.25, -0.2) is 9.97 Å². The molecule has 19 heavy (non-hydrogen) atoms. The Hall–Kier alpha value is -2.62. The number of anilines is 1. The molecular weight excluding hydrogens is 238 g/mol. The quantitative estimate of drug-likeness (QED) is 0.759. The Balaban J connectivity index is 2.20. The van der Waals surface area contributed by atoms with Crippen LogP contribution in [0.4, 0.5) is 5.82 Å². The van der Waals surface area contributed by atoms with Crippen molar-refractivity contribution in [3.8, 4) is 22.6 Å². The second-order valence-electron chi connectivity index (χ2n) is 4.28. The average Bonchev–Trinajstić information content (AvgIpc) is 2.97. The largest absolute Gasteiger partial charge is 0.472 e. The zero-order valence-electron chi connectivity index (χ0n) is 10.5. The van der Waals surface area contributed by atoms with Gasteiger partial charge in [0.05, 0.1) is 17.5 Å². The molecule has 0 saturated heterocycles. The summed E-state index contributed by atoms with van der Waals surface area (Å²) in [6.07, 6.45) is 3.20. The van der Waals surface area contributed by atoms with Gasteiger partial charge in [0.15, 0.2) is 5.82 Å². The van der Waals surface area contributed by atoms with Crippen LogP contribution in [0.2, 0.25) is 0 Å². The second kappa shape index (κ2) is 4.57. The Morgan fingerprint density at radius 3 is 2.47 bits per heavy atom. The highest BCUT2D eigenvalue weighted by Crippen LogP contribution is 2.27. The van der Waals surface area contributed by atoms with Gasteiger partial charge < -0.3 is 10.2 Å². The van der Waals surface area contributed by atoms with Crippen molar-refractivity contribution in [1.29, 1.82) is 0 Å². The third-order valence-corrected chi connectivity index (χ3v) is 3.01. The molecule has 0 atom stereocenters. The number of furan rings is 1. The molecule has 0 fully saturated rings. The summed E-state index contributed by atoms with van der Waals surface area (Å²) < 4.78 is 5.06. The monoisotopic (exact) mass is 251 g/mol. The first-order chi connectivity index (χ1) is 9.25. The fraction of sp³-hybridized carbons (Fsp3) is 0.0667. The molecule has 0 aliphatic rings. The van der Waals surface area contributed by atoms with E-state index in [0.29, 0.717) is 11.6 Å². The van der Waals surface area contributed by atoms with Crippen LogP contribution in [0.3, 0.4) is 0 Å². The van der Waals surface area contributed by atoms with E-state index in [1.165, 1.54) is 0 Å². The minimum Gasteiger partial charge on any atom is -0.472 e. The molecule has 94 valence electrons. The number of hydrogen-bond acceptors (Lipinski definition) is 4. The summed E-state index contributed by atoms with van der Waals surface area (Å²) in [7, 11) is 0. The van der Waals surface area contributed by atoms with E-state index in [-0.39, 0.29) is 0 Å². The van der Waals surface area contributed by atoms with Crippen LogP contribution in [0.1, 0.15) is 5.56 Å². The van der Waals surface area contributed by atoms with Crippen LogP contribution in [0.5, 0.6) is 0 Å². The third-order valence-electron chi connectivity index (χ3n) is 3.01. The van der Waals surface area contributed by atoms with Crippen LogP contribution in [0.25, 0.3) is 22.6 Å². The van der Waals surface area contributed by atoms with E-state index in [1.54, 1.807) is 12.5 Å². The first-order valence-electron chi connectivity index (χ1n) is 5.98. The molecule has 4 nitrogen and oxygen atoms in total. The van der Waals surface area contributed by atoms with E-state index in [9.17, 15) is 0 Å². The molecule has 0 saturated carbocycles. The third kappa shape index (κ3) is 2.08. The molecule has 4 heteroatoms. The van der Waals surface area contributed by atoms with Crippen LogP contribution in [0.15, 0.2) is 53.3 Å². The highest BCUT2D eigenvalue weighted by atomic mass is 16.3. The van der Waals surface area contributed by atoms with Crippen molar-refractivity contribution in [2.75, 3.05) is 5.73 Å². The molecule has 2 heterocycles. The normalized spacial score (nSPS) is 10.6. The lowest BCUT2D eigenvalue weighted by molar-refractivity contribution is 0.568. The van der Waals surface area contributed by atoms with Crippen LogP contribution in [0, 0.1) is 6.92 Å². The predicted octanol–water partition coefficient (Wildman–Crippen LogP) is 3.29. The smallest absolute Gasteiger partial charge is 0.165 e. The Bertz CT molecular complexity index is 691. The topological polar surface area (TPSA) is 64.9 Å². The van der Waals surface area contributed by atoms with Crippen molar-refractivity contribution >= 4 is 5.82 Å².